The van der Waals surface area contributed by atoms with Crippen LogP contribution in [0.15, 0.2) is 5.16 Å². The molecule has 0 bridgehead atoms. The number of hydrogen-bond donors (Lipinski definition) is 3. The van der Waals surface area contributed by atoms with Crippen LogP contribution in [0.2, 0.25) is 0 Å². The van der Waals surface area contributed by atoms with E-state index in [9.17, 15) is 0 Å². The lowest BCUT2D eigenvalue weighted by Crippen LogP contribution is -2.06. The minimum absolute atomic E-state index is 0.135. The third-order valence-electron chi connectivity index (χ3n) is 3.82. The van der Waals surface area contributed by atoms with Crippen LogP contribution in [-0.4, -0.2) is 30.1 Å². The normalized spacial score (nSPS) is 15.5. The Hall–Kier alpha value is -1.90. The average molecular weight is 320 g/mol. The Kier molecular flexibility index (Phi) is 4.71. The van der Waals surface area contributed by atoms with E-state index >= 15 is 0 Å². The number of nitrogens with one attached hydrogen (secondary N) is 1. The van der Waals surface area contributed by atoms with Crippen LogP contribution < -0.4 is 11.5 Å². The lowest BCUT2D eigenvalue weighted by atomic mass is 10.0. The van der Waals surface area contributed by atoms with Gasteiger partial charge in [-0.2, -0.15) is 15.0 Å². The number of hydrogen-bond acceptors (Lipinski definition) is 8. The summed E-state index contributed by atoms with van der Waals surface area (Å²) in [7, 11) is 0. The predicted molar refractivity (Wildman–Crippen MR) is 84.9 cm³/mol. The Balaban J connectivity index is 1.50. The summed E-state index contributed by atoms with van der Waals surface area (Å²) in [4.78, 5) is 16.3. The molecule has 0 aliphatic heterocycles. The Labute approximate surface area is 132 Å². The van der Waals surface area contributed by atoms with Gasteiger partial charge in [0, 0.05) is 6.42 Å². The van der Waals surface area contributed by atoms with Crippen molar-refractivity contribution < 1.29 is 0 Å². The smallest absolute Gasteiger partial charge is 0.225 e. The van der Waals surface area contributed by atoms with Gasteiger partial charge in [-0.05, 0) is 12.3 Å². The molecule has 1 saturated carbocycles. The second kappa shape index (κ2) is 6.91. The van der Waals surface area contributed by atoms with Gasteiger partial charge < -0.3 is 11.5 Å². The van der Waals surface area contributed by atoms with Gasteiger partial charge in [-0.25, -0.2) is 4.98 Å². The molecule has 0 amide bonds. The quantitative estimate of drug-likeness (QED) is 0.683. The maximum absolute atomic E-state index is 5.54. The average Bonchev–Trinajstić information content (AvgIpc) is 3.13. The van der Waals surface area contributed by atoms with E-state index in [1.54, 1.807) is 0 Å². The van der Waals surface area contributed by atoms with Crippen LogP contribution >= 0.6 is 11.8 Å². The minimum atomic E-state index is 0.135. The van der Waals surface area contributed by atoms with Crippen molar-refractivity contribution in [3.05, 3.63) is 11.6 Å². The molecule has 0 unspecified atom stereocenters. The zero-order valence-corrected chi connectivity index (χ0v) is 13.1. The number of rotatable bonds is 6. The first-order valence-electron chi connectivity index (χ1n) is 7.49. The van der Waals surface area contributed by atoms with Crippen LogP contribution in [0, 0.1) is 5.92 Å². The largest absolute Gasteiger partial charge is 0.368 e. The van der Waals surface area contributed by atoms with Crippen LogP contribution in [0.1, 0.15) is 43.8 Å². The van der Waals surface area contributed by atoms with Crippen molar-refractivity contribution in [2.75, 3.05) is 11.5 Å². The van der Waals surface area contributed by atoms with E-state index in [1.807, 2.05) is 0 Å². The molecular formula is C13H20N8S. The summed E-state index contributed by atoms with van der Waals surface area (Å²) >= 11 is 1.45. The molecule has 118 valence electrons. The third kappa shape index (κ3) is 4.06. The number of nitrogens with two attached hydrogens (primary N) is 2. The number of H-pyrrole nitrogens is 1. The number of nitrogens with zero attached hydrogens (tertiary/aromatic N) is 5. The lowest BCUT2D eigenvalue weighted by molar-refractivity contribution is 0.497. The second-order valence-corrected chi connectivity index (χ2v) is 6.45. The first kappa shape index (κ1) is 15.0. The number of anilines is 2. The fourth-order valence-corrected chi connectivity index (χ4v) is 3.42. The molecule has 0 aromatic carbocycles. The fourth-order valence-electron chi connectivity index (χ4n) is 2.74. The van der Waals surface area contributed by atoms with E-state index in [0.29, 0.717) is 16.7 Å². The first-order valence-corrected chi connectivity index (χ1v) is 8.47. The first-order chi connectivity index (χ1) is 10.7. The van der Waals surface area contributed by atoms with Crippen LogP contribution in [0.3, 0.4) is 0 Å². The molecule has 2 aromatic heterocycles. The third-order valence-corrected chi connectivity index (χ3v) is 4.67. The summed E-state index contributed by atoms with van der Waals surface area (Å²) in [5.74, 6) is 3.12. The van der Waals surface area contributed by atoms with Gasteiger partial charge in [-0.3, -0.25) is 5.10 Å². The maximum atomic E-state index is 5.54. The molecule has 9 heteroatoms. The van der Waals surface area contributed by atoms with Crippen molar-refractivity contribution in [3.63, 3.8) is 0 Å². The van der Waals surface area contributed by atoms with Crippen molar-refractivity contribution in [1.82, 2.24) is 30.1 Å². The molecule has 5 N–H and O–H groups in total. The number of aromatic amines is 1. The van der Waals surface area contributed by atoms with E-state index in [-0.39, 0.29) is 11.9 Å². The number of aryl methyl sites for hydroxylation is 1. The molecule has 2 aromatic rings. The van der Waals surface area contributed by atoms with Gasteiger partial charge in [-0.1, -0.05) is 37.4 Å². The minimum Gasteiger partial charge on any atom is -0.368 e. The van der Waals surface area contributed by atoms with E-state index in [0.717, 1.165) is 18.2 Å². The van der Waals surface area contributed by atoms with E-state index in [2.05, 4.69) is 30.1 Å². The summed E-state index contributed by atoms with van der Waals surface area (Å²) in [5, 5.41) is 7.91. The molecule has 1 aliphatic rings. The van der Waals surface area contributed by atoms with Crippen molar-refractivity contribution in [2.24, 2.45) is 5.92 Å². The molecule has 3 rings (SSSR count). The highest BCUT2D eigenvalue weighted by Crippen LogP contribution is 2.28. The Morgan fingerprint density at radius 3 is 2.50 bits per heavy atom. The molecule has 2 heterocycles. The summed E-state index contributed by atoms with van der Waals surface area (Å²) in [6, 6.07) is 0. The lowest BCUT2D eigenvalue weighted by Gasteiger charge is -2.05. The molecule has 0 radical (unpaired) electrons. The standard InChI is InChI=1S/C13H20N8S/c14-11-16-10(17-12(15)19-11)7-22-13-18-9(20-21-13)6-5-8-3-1-2-4-8/h8H,1-7H2,(H,18,20,21)(H4,14,15,16,17,19). The summed E-state index contributed by atoms with van der Waals surface area (Å²) in [6.07, 6.45) is 7.63. The van der Waals surface area contributed by atoms with Gasteiger partial charge in [0.15, 0.2) is 0 Å². The number of aromatic nitrogens is 6. The Morgan fingerprint density at radius 2 is 1.77 bits per heavy atom. The SMILES string of the molecule is Nc1nc(N)nc(CSc2n[nH]c(CCC3CCCC3)n2)n1. The molecule has 0 spiro atoms. The summed E-state index contributed by atoms with van der Waals surface area (Å²) < 4.78 is 0. The number of nitrogen functional groups attached to an aromatic ring is 2. The molecule has 1 fully saturated rings. The van der Waals surface area contributed by atoms with Gasteiger partial charge in [0.25, 0.3) is 0 Å². The highest BCUT2D eigenvalue weighted by Gasteiger charge is 2.15. The second-order valence-electron chi connectivity index (χ2n) is 5.51. The summed E-state index contributed by atoms with van der Waals surface area (Å²) in [5.41, 5.74) is 11.1. The van der Waals surface area contributed by atoms with Crippen LogP contribution in [0.5, 0.6) is 0 Å². The monoisotopic (exact) mass is 320 g/mol. The van der Waals surface area contributed by atoms with E-state index < -0.39 is 0 Å². The maximum Gasteiger partial charge on any atom is 0.225 e. The Bertz CT molecular complexity index is 602. The van der Waals surface area contributed by atoms with Gasteiger partial charge in [0.1, 0.15) is 11.6 Å². The van der Waals surface area contributed by atoms with Crippen molar-refractivity contribution >= 4 is 23.7 Å². The fraction of sp³-hybridized carbons (Fsp3) is 0.615. The number of thioether (sulfide) groups is 1. The predicted octanol–water partition coefficient (Wildman–Crippen LogP) is 1.57. The summed E-state index contributed by atoms with van der Waals surface area (Å²) in [6.45, 7) is 0. The molecule has 1 aliphatic carbocycles. The van der Waals surface area contributed by atoms with Gasteiger partial charge >= 0.3 is 0 Å². The van der Waals surface area contributed by atoms with Crippen LogP contribution in [-0.2, 0) is 12.2 Å². The molecule has 0 saturated heterocycles. The zero-order valence-electron chi connectivity index (χ0n) is 12.3. The molecule has 22 heavy (non-hydrogen) atoms. The van der Waals surface area contributed by atoms with Crippen LogP contribution in [0.25, 0.3) is 0 Å². The van der Waals surface area contributed by atoms with E-state index in [4.69, 9.17) is 11.5 Å². The van der Waals surface area contributed by atoms with Crippen molar-refractivity contribution in [1.29, 1.82) is 0 Å². The topological polar surface area (TPSA) is 132 Å². The molecule has 8 nitrogen and oxygen atoms in total. The molecular weight excluding hydrogens is 300 g/mol. The zero-order chi connectivity index (χ0) is 15.4. The highest BCUT2D eigenvalue weighted by molar-refractivity contribution is 7.98. The van der Waals surface area contributed by atoms with Crippen LogP contribution in [0.4, 0.5) is 11.9 Å². The van der Waals surface area contributed by atoms with Crippen molar-refractivity contribution in [3.8, 4) is 0 Å². The Morgan fingerprint density at radius 1 is 1.05 bits per heavy atom. The van der Waals surface area contributed by atoms with Crippen molar-refractivity contribution in [2.45, 2.75) is 49.4 Å². The highest BCUT2D eigenvalue weighted by atomic mass is 32.2. The van der Waals surface area contributed by atoms with E-state index in [1.165, 1.54) is 43.9 Å². The molecule has 0 atom stereocenters. The van der Waals surface area contributed by atoms with Gasteiger partial charge in [-0.15, -0.1) is 5.10 Å². The van der Waals surface area contributed by atoms with Gasteiger partial charge in [0.05, 0.1) is 5.75 Å². The van der Waals surface area contributed by atoms with Gasteiger partial charge in [0.2, 0.25) is 17.1 Å².